The zero-order valence-electron chi connectivity index (χ0n) is 11.5. The Bertz CT molecular complexity index is 493. The Morgan fingerprint density at radius 3 is 2.35 bits per heavy atom. The normalized spacial score (nSPS) is 12.3. The lowest BCUT2D eigenvalue weighted by Crippen LogP contribution is -2.27. The molecule has 112 valence electrons. The van der Waals surface area contributed by atoms with Crippen LogP contribution in [0.15, 0.2) is 18.2 Å². The molecule has 4 nitrogen and oxygen atoms in total. The van der Waals surface area contributed by atoms with Gasteiger partial charge in [-0.1, -0.05) is 0 Å². The highest BCUT2D eigenvalue weighted by Crippen LogP contribution is 2.32. The summed E-state index contributed by atoms with van der Waals surface area (Å²) in [5, 5.41) is 2.41. The Morgan fingerprint density at radius 2 is 1.90 bits per heavy atom. The number of amides is 1. The number of rotatable bonds is 3. The first kappa shape index (κ1) is 16.3. The second-order valence-electron chi connectivity index (χ2n) is 5.25. The van der Waals surface area contributed by atoms with Crippen molar-refractivity contribution in [3.63, 3.8) is 0 Å². The number of hydrogen-bond acceptors (Lipinski definition) is 3. The summed E-state index contributed by atoms with van der Waals surface area (Å²) in [7, 11) is 0. The minimum absolute atomic E-state index is 0.125. The second-order valence-corrected chi connectivity index (χ2v) is 5.25. The maximum absolute atomic E-state index is 12.5. The van der Waals surface area contributed by atoms with Crippen LogP contribution in [-0.2, 0) is 15.7 Å². The fraction of sp³-hybridized carbons (Fsp3) is 0.462. The van der Waals surface area contributed by atoms with Gasteiger partial charge in [-0.25, -0.2) is 0 Å². The van der Waals surface area contributed by atoms with Crippen molar-refractivity contribution < 1.29 is 22.7 Å². The first-order valence-corrected chi connectivity index (χ1v) is 5.89. The van der Waals surface area contributed by atoms with Gasteiger partial charge in [0.1, 0.15) is 6.61 Å². The summed E-state index contributed by atoms with van der Waals surface area (Å²) in [5.74, 6) is -0.480. The van der Waals surface area contributed by atoms with Crippen molar-refractivity contribution in [2.24, 2.45) is 0 Å². The molecule has 1 rings (SSSR count). The van der Waals surface area contributed by atoms with Crippen LogP contribution in [-0.4, -0.2) is 18.1 Å². The largest absolute Gasteiger partial charge is 0.416 e. The highest BCUT2D eigenvalue weighted by atomic mass is 19.4. The summed E-state index contributed by atoms with van der Waals surface area (Å²) >= 11 is 0. The number of nitrogen functional groups attached to an aromatic ring is 1. The SMILES string of the molecule is CC(C)(C)OCC(=O)Nc1ccc(C(F)(F)F)cc1N. The van der Waals surface area contributed by atoms with Crippen LogP contribution in [0.25, 0.3) is 0 Å². The molecule has 0 unspecified atom stereocenters. The molecule has 0 aromatic heterocycles. The van der Waals surface area contributed by atoms with Crippen molar-refractivity contribution in [1.82, 2.24) is 0 Å². The highest BCUT2D eigenvalue weighted by molar-refractivity contribution is 5.94. The van der Waals surface area contributed by atoms with Gasteiger partial charge in [-0.3, -0.25) is 4.79 Å². The van der Waals surface area contributed by atoms with Gasteiger partial charge < -0.3 is 15.8 Å². The molecule has 1 amide bonds. The minimum atomic E-state index is -4.47. The zero-order chi connectivity index (χ0) is 15.6. The number of hydrogen-bond donors (Lipinski definition) is 2. The van der Waals surface area contributed by atoms with Crippen molar-refractivity contribution in [3.05, 3.63) is 23.8 Å². The Balaban J connectivity index is 2.72. The van der Waals surface area contributed by atoms with Gasteiger partial charge in [0.15, 0.2) is 0 Å². The van der Waals surface area contributed by atoms with Crippen LogP contribution >= 0.6 is 0 Å². The Morgan fingerprint density at radius 1 is 1.30 bits per heavy atom. The molecule has 1 aromatic carbocycles. The van der Waals surface area contributed by atoms with Crippen LogP contribution in [0.2, 0.25) is 0 Å². The Hall–Kier alpha value is -1.76. The molecule has 0 aliphatic heterocycles. The van der Waals surface area contributed by atoms with Crippen LogP contribution < -0.4 is 11.1 Å². The van der Waals surface area contributed by atoms with E-state index in [1.54, 1.807) is 20.8 Å². The Kier molecular flexibility index (Phi) is 4.65. The monoisotopic (exact) mass is 290 g/mol. The van der Waals surface area contributed by atoms with E-state index in [0.29, 0.717) is 0 Å². The molecule has 0 saturated heterocycles. The van der Waals surface area contributed by atoms with E-state index in [1.165, 1.54) is 0 Å². The highest BCUT2D eigenvalue weighted by Gasteiger charge is 2.30. The van der Waals surface area contributed by atoms with Crippen molar-refractivity contribution >= 4 is 17.3 Å². The number of anilines is 2. The van der Waals surface area contributed by atoms with E-state index in [4.69, 9.17) is 10.5 Å². The van der Waals surface area contributed by atoms with E-state index in [9.17, 15) is 18.0 Å². The molecule has 0 bridgehead atoms. The van der Waals surface area contributed by atoms with Gasteiger partial charge in [0.05, 0.1) is 22.5 Å². The van der Waals surface area contributed by atoms with Gasteiger partial charge in [-0.05, 0) is 39.0 Å². The van der Waals surface area contributed by atoms with Crippen molar-refractivity contribution in [2.75, 3.05) is 17.7 Å². The summed E-state index contributed by atoms with van der Waals surface area (Å²) in [6.45, 7) is 5.15. The number of nitrogens with two attached hydrogens (primary N) is 1. The Labute approximate surface area is 115 Å². The van der Waals surface area contributed by atoms with Gasteiger partial charge >= 0.3 is 6.18 Å². The van der Waals surface area contributed by atoms with Crippen molar-refractivity contribution in [2.45, 2.75) is 32.5 Å². The van der Waals surface area contributed by atoms with Crippen molar-refractivity contribution in [3.8, 4) is 0 Å². The predicted molar refractivity (Wildman–Crippen MR) is 70.2 cm³/mol. The first-order chi connectivity index (χ1) is 8.99. The fourth-order valence-corrected chi connectivity index (χ4v) is 1.32. The number of halogens is 3. The molecular weight excluding hydrogens is 273 g/mol. The summed E-state index contributed by atoms with van der Waals surface area (Å²) in [6.07, 6.45) is -4.47. The van der Waals surface area contributed by atoms with E-state index in [1.807, 2.05) is 0 Å². The number of nitrogens with one attached hydrogen (secondary N) is 1. The number of alkyl halides is 3. The average molecular weight is 290 g/mol. The minimum Gasteiger partial charge on any atom is -0.397 e. The van der Waals surface area contributed by atoms with Crippen molar-refractivity contribution in [1.29, 1.82) is 0 Å². The van der Waals surface area contributed by atoms with E-state index in [0.717, 1.165) is 18.2 Å². The van der Waals surface area contributed by atoms with Crippen LogP contribution in [0, 0.1) is 0 Å². The molecule has 7 heteroatoms. The molecule has 1 aromatic rings. The summed E-state index contributed by atoms with van der Waals surface area (Å²) in [6, 6.07) is 2.75. The first-order valence-electron chi connectivity index (χ1n) is 5.89. The number of benzene rings is 1. The third-order valence-electron chi connectivity index (χ3n) is 2.29. The average Bonchev–Trinajstić information content (AvgIpc) is 2.27. The number of carbonyl (C=O) groups excluding carboxylic acids is 1. The zero-order valence-corrected chi connectivity index (χ0v) is 11.5. The summed E-state index contributed by atoms with van der Waals surface area (Å²) in [5.41, 5.74) is 4.12. The molecular formula is C13H17F3N2O2. The third kappa shape index (κ3) is 5.08. The quantitative estimate of drug-likeness (QED) is 0.841. The summed E-state index contributed by atoms with van der Waals surface area (Å²) in [4.78, 5) is 11.6. The lowest BCUT2D eigenvalue weighted by molar-refractivity contribution is -0.137. The van der Waals surface area contributed by atoms with E-state index in [-0.39, 0.29) is 18.0 Å². The van der Waals surface area contributed by atoms with Crippen LogP contribution in [0.4, 0.5) is 24.5 Å². The lowest BCUT2D eigenvalue weighted by atomic mass is 10.1. The van der Waals surface area contributed by atoms with E-state index < -0.39 is 23.2 Å². The molecule has 0 radical (unpaired) electrons. The molecule has 0 fully saturated rings. The molecule has 0 heterocycles. The molecule has 0 spiro atoms. The van der Waals surface area contributed by atoms with E-state index >= 15 is 0 Å². The number of carbonyl (C=O) groups is 1. The standard InChI is InChI=1S/C13H17F3N2O2/c1-12(2,3)20-7-11(19)18-10-5-4-8(6-9(10)17)13(14,15)16/h4-6H,7,17H2,1-3H3,(H,18,19). The third-order valence-corrected chi connectivity index (χ3v) is 2.29. The van der Waals surface area contributed by atoms with Crippen LogP contribution in [0.1, 0.15) is 26.3 Å². The van der Waals surface area contributed by atoms with Gasteiger partial charge in [0.25, 0.3) is 0 Å². The topological polar surface area (TPSA) is 64.3 Å². The van der Waals surface area contributed by atoms with E-state index in [2.05, 4.69) is 5.32 Å². The van der Waals surface area contributed by atoms with Crippen LogP contribution in [0.5, 0.6) is 0 Å². The van der Waals surface area contributed by atoms with Gasteiger partial charge in [0, 0.05) is 0 Å². The molecule has 0 aliphatic carbocycles. The predicted octanol–water partition coefficient (Wildman–Crippen LogP) is 3.04. The second kappa shape index (κ2) is 5.70. The molecule has 3 N–H and O–H groups in total. The maximum atomic E-state index is 12.5. The molecule has 0 saturated carbocycles. The van der Waals surface area contributed by atoms with Gasteiger partial charge in [0.2, 0.25) is 5.91 Å². The fourth-order valence-electron chi connectivity index (χ4n) is 1.32. The van der Waals surface area contributed by atoms with Crippen LogP contribution in [0.3, 0.4) is 0 Å². The number of ether oxygens (including phenoxy) is 1. The lowest BCUT2D eigenvalue weighted by Gasteiger charge is -2.19. The smallest absolute Gasteiger partial charge is 0.397 e. The van der Waals surface area contributed by atoms with Gasteiger partial charge in [-0.15, -0.1) is 0 Å². The summed E-state index contributed by atoms with van der Waals surface area (Å²) < 4.78 is 42.6. The molecule has 0 atom stereocenters. The molecule has 0 aliphatic rings. The van der Waals surface area contributed by atoms with Gasteiger partial charge in [-0.2, -0.15) is 13.2 Å². The molecule has 20 heavy (non-hydrogen) atoms. The maximum Gasteiger partial charge on any atom is 0.416 e.